The topological polar surface area (TPSA) is 60.5 Å². The first-order chi connectivity index (χ1) is 11.0. The Hall–Kier alpha value is -2.21. The Bertz CT molecular complexity index is 689. The third-order valence-corrected chi connectivity index (χ3v) is 3.14. The molecule has 1 heterocycles. The molecule has 0 unspecified atom stereocenters. The highest BCUT2D eigenvalue weighted by atomic mass is 19.1. The third-order valence-electron chi connectivity index (χ3n) is 3.14. The molecule has 0 atom stereocenters. The van der Waals surface area contributed by atoms with E-state index in [0.29, 0.717) is 36.3 Å². The summed E-state index contributed by atoms with van der Waals surface area (Å²) in [6.07, 6.45) is 0.698. The van der Waals surface area contributed by atoms with E-state index >= 15 is 0 Å². The lowest BCUT2D eigenvalue weighted by Gasteiger charge is -2.12. The Morgan fingerprint density at radius 2 is 2.09 bits per heavy atom. The maximum absolute atomic E-state index is 13.5. The number of hydrogen-bond acceptors (Lipinski definition) is 4. The van der Waals surface area contributed by atoms with Gasteiger partial charge >= 0.3 is 0 Å². The number of ether oxygens (including phenoxy) is 2. The second kappa shape index (κ2) is 7.87. The van der Waals surface area contributed by atoms with Gasteiger partial charge in [0.25, 0.3) is 5.91 Å². The number of halogens is 1. The van der Waals surface area contributed by atoms with E-state index in [1.165, 1.54) is 12.1 Å². The zero-order chi connectivity index (χ0) is 16.8. The number of benzene rings is 1. The minimum Gasteiger partial charge on any atom is -0.493 e. The highest BCUT2D eigenvalue weighted by Gasteiger charge is 2.14. The van der Waals surface area contributed by atoms with Gasteiger partial charge in [-0.1, -0.05) is 0 Å². The van der Waals surface area contributed by atoms with Crippen LogP contribution < -0.4 is 10.1 Å². The van der Waals surface area contributed by atoms with Crippen LogP contribution in [0.5, 0.6) is 5.75 Å². The first-order valence-electron chi connectivity index (χ1n) is 7.54. The fraction of sp³-hybridized carbons (Fsp3) is 0.412. The van der Waals surface area contributed by atoms with Crippen molar-refractivity contribution >= 4 is 16.8 Å². The van der Waals surface area contributed by atoms with Crippen molar-refractivity contribution in [1.29, 1.82) is 0 Å². The molecule has 1 amide bonds. The summed E-state index contributed by atoms with van der Waals surface area (Å²) < 4.78 is 24.2. The molecule has 6 heteroatoms. The number of carbonyl (C=O) groups excluding carboxylic acids is 1. The van der Waals surface area contributed by atoms with E-state index in [4.69, 9.17) is 9.47 Å². The molecule has 1 aromatic heterocycles. The van der Waals surface area contributed by atoms with Gasteiger partial charge in [-0.2, -0.15) is 0 Å². The summed E-state index contributed by atoms with van der Waals surface area (Å²) in [7, 11) is 1.62. The van der Waals surface area contributed by atoms with Crippen LogP contribution in [0.4, 0.5) is 4.39 Å². The number of carbonyl (C=O) groups is 1. The normalized spacial score (nSPS) is 11.0. The van der Waals surface area contributed by atoms with Gasteiger partial charge in [-0.25, -0.2) is 9.37 Å². The van der Waals surface area contributed by atoms with Gasteiger partial charge in [0, 0.05) is 37.6 Å². The van der Waals surface area contributed by atoms with E-state index in [-0.39, 0.29) is 23.5 Å². The number of rotatable bonds is 7. The van der Waals surface area contributed by atoms with Crippen molar-refractivity contribution in [3.05, 3.63) is 35.8 Å². The number of pyridine rings is 1. The van der Waals surface area contributed by atoms with Crippen molar-refractivity contribution in [3.63, 3.8) is 0 Å². The van der Waals surface area contributed by atoms with E-state index < -0.39 is 0 Å². The van der Waals surface area contributed by atoms with Crippen molar-refractivity contribution in [1.82, 2.24) is 10.3 Å². The molecular formula is C17H21FN2O3. The molecule has 0 spiro atoms. The SMILES string of the molecule is COCCCOc1cc(C(=O)NC(C)C)nc2ccc(F)cc12. The first kappa shape index (κ1) is 17.1. The average Bonchev–Trinajstić information content (AvgIpc) is 2.50. The largest absolute Gasteiger partial charge is 0.493 e. The van der Waals surface area contributed by atoms with Crippen LogP contribution in [0, 0.1) is 5.82 Å². The van der Waals surface area contributed by atoms with Crippen LogP contribution in [-0.4, -0.2) is 37.3 Å². The van der Waals surface area contributed by atoms with Gasteiger partial charge < -0.3 is 14.8 Å². The molecule has 0 fully saturated rings. The summed E-state index contributed by atoms with van der Waals surface area (Å²) in [5.41, 5.74) is 0.768. The van der Waals surface area contributed by atoms with Gasteiger partial charge in [0.1, 0.15) is 17.3 Å². The molecule has 2 rings (SSSR count). The number of nitrogens with zero attached hydrogens (tertiary/aromatic N) is 1. The van der Waals surface area contributed by atoms with Crippen LogP contribution in [0.25, 0.3) is 10.9 Å². The van der Waals surface area contributed by atoms with Gasteiger partial charge in [0.05, 0.1) is 12.1 Å². The van der Waals surface area contributed by atoms with Crippen molar-refractivity contribution in [3.8, 4) is 5.75 Å². The number of methoxy groups -OCH3 is 1. The van der Waals surface area contributed by atoms with E-state index in [2.05, 4.69) is 10.3 Å². The lowest BCUT2D eigenvalue weighted by molar-refractivity contribution is 0.0938. The van der Waals surface area contributed by atoms with Crippen molar-refractivity contribution in [2.24, 2.45) is 0 Å². The maximum Gasteiger partial charge on any atom is 0.270 e. The molecular weight excluding hydrogens is 299 g/mol. The summed E-state index contributed by atoms with van der Waals surface area (Å²) in [6, 6.07) is 5.76. The van der Waals surface area contributed by atoms with Crippen LogP contribution >= 0.6 is 0 Å². The van der Waals surface area contributed by atoms with Crippen LogP contribution in [-0.2, 0) is 4.74 Å². The quantitative estimate of drug-likeness (QED) is 0.797. The van der Waals surface area contributed by atoms with Gasteiger partial charge in [-0.15, -0.1) is 0 Å². The second-order valence-electron chi connectivity index (χ2n) is 5.49. The van der Waals surface area contributed by atoms with Gasteiger partial charge in [-0.3, -0.25) is 4.79 Å². The average molecular weight is 320 g/mol. The Balaban J connectivity index is 2.35. The first-order valence-corrected chi connectivity index (χ1v) is 7.54. The van der Waals surface area contributed by atoms with E-state index in [0.717, 1.165) is 0 Å². The number of aromatic nitrogens is 1. The standard InChI is InChI=1S/C17H21FN2O3/c1-11(2)19-17(21)15-10-16(23-8-4-7-22-3)13-9-12(18)5-6-14(13)20-15/h5-6,9-11H,4,7-8H2,1-3H3,(H,19,21). The lowest BCUT2D eigenvalue weighted by Crippen LogP contribution is -2.30. The predicted octanol–water partition coefficient (Wildman–Crippen LogP) is 2.93. The monoisotopic (exact) mass is 320 g/mol. The van der Waals surface area contributed by atoms with Crippen LogP contribution in [0.2, 0.25) is 0 Å². The molecule has 0 saturated carbocycles. The number of hydrogen-bond donors (Lipinski definition) is 1. The highest BCUT2D eigenvalue weighted by Crippen LogP contribution is 2.26. The molecule has 0 aliphatic rings. The molecule has 0 aliphatic carbocycles. The van der Waals surface area contributed by atoms with Crippen LogP contribution in [0.3, 0.4) is 0 Å². The smallest absolute Gasteiger partial charge is 0.270 e. The summed E-state index contributed by atoms with van der Waals surface area (Å²) in [6.45, 7) is 4.72. The molecule has 5 nitrogen and oxygen atoms in total. The van der Waals surface area contributed by atoms with Gasteiger partial charge in [-0.05, 0) is 32.0 Å². The molecule has 2 aromatic rings. The fourth-order valence-electron chi connectivity index (χ4n) is 2.12. The molecule has 0 bridgehead atoms. The number of amides is 1. The molecule has 1 aromatic carbocycles. The Kier molecular flexibility index (Phi) is 5.87. The van der Waals surface area contributed by atoms with Gasteiger partial charge in [0.15, 0.2) is 0 Å². The Morgan fingerprint density at radius 1 is 1.30 bits per heavy atom. The minimum atomic E-state index is -0.375. The Labute approximate surface area is 134 Å². The number of nitrogens with one attached hydrogen (secondary N) is 1. The zero-order valence-corrected chi connectivity index (χ0v) is 13.6. The fourth-order valence-corrected chi connectivity index (χ4v) is 2.12. The van der Waals surface area contributed by atoms with Crippen LogP contribution in [0.1, 0.15) is 30.8 Å². The summed E-state index contributed by atoms with van der Waals surface area (Å²) in [4.78, 5) is 16.5. The number of fused-ring (bicyclic) bond motifs is 1. The van der Waals surface area contributed by atoms with Crippen molar-refractivity contribution in [2.75, 3.05) is 20.3 Å². The molecule has 0 aliphatic heterocycles. The second-order valence-corrected chi connectivity index (χ2v) is 5.49. The third kappa shape index (κ3) is 4.63. The predicted molar refractivity (Wildman–Crippen MR) is 86.3 cm³/mol. The minimum absolute atomic E-state index is 0.000661. The Morgan fingerprint density at radius 3 is 2.78 bits per heavy atom. The van der Waals surface area contributed by atoms with Gasteiger partial charge in [0.2, 0.25) is 0 Å². The highest BCUT2D eigenvalue weighted by molar-refractivity contribution is 5.97. The van der Waals surface area contributed by atoms with Crippen molar-refractivity contribution in [2.45, 2.75) is 26.3 Å². The summed E-state index contributed by atoms with van der Waals surface area (Å²) >= 11 is 0. The molecule has 0 saturated heterocycles. The summed E-state index contributed by atoms with van der Waals surface area (Å²) in [5.74, 6) is -0.215. The lowest BCUT2D eigenvalue weighted by atomic mass is 10.1. The molecule has 0 radical (unpaired) electrons. The van der Waals surface area contributed by atoms with E-state index in [9.17, 15) is 9.18 Å². The maximum atomic E-state index is 13.5. The molecule has 23 heavy (non-hydrogen) atoms. The van der Waals surface area contributed by atoms with E-state index in [1.54, 1.807) is 19.2 Å². The van der Waals surface area contributed by atoms with Crippen molar-refractivity contribution < 1.29 is 18.7 Å². The van der Waals surface area contributed by atoms with Crippen LogP contribution in [0.15, 0.2) is 24.3 Å². The summed E-state index contributed by atoms with van der Waals surface area (Å²) in [5, 5.41) is 3.33. The van der Waals surface area contributed by atoms with E-state index in [1.807, 2.05) is 13.8 Å². The molecule has 1 N–H and O–H groups in total. The molecule has 124 valence electrons. The zero-order valence-electron chi connectivity index (χ0n) is 13.6.